The van der Waals surface area contributed by atoms with Crippen molar-refractivity contribution in [3.05, 3.63) is 35.9 Å². The number of rotatable bonds is 5. The van der Waals surface area contributed by atoms with Gasteiger partial charge in [0.2, 0.25) is 5.91 Å². The predicted octanol–water partition coefficient (Wildman–Crippen LogP) is 1.55. The summed E-state index contributed by atoms with van der Waals surface area (Å²) in [5, 5.41) is 8.98. The molecule has 0 heterocycles. The van der Waals surface area contributed by atoms with Gasteiger partial charge in [-0.05, 0) is 5.56 Å². The Morgan fingerprint density at radius 2 is 1.90 bits per heavy atom. The summed E-state index contributed by atoms with van der Waals surface area (Å²) in [5.74, 6) is -2.20. The maximum absolute atomic E-state index is 11.8. The van der Waals surface area contributed by atoms with Gasteiger partial charge < -0.3 is 9.84 Å². The van der Waals surface area contributed by atoms with Gasteiger partial charge in [-0.15, -0.1) is 0 Å². The zero-order chi connectivity index (χ0) is 15.1. The van der Waals surface area contributed by atoms with Crippen LogP contribution < -0.4 is 0 Å². The third-order valence-corrected chi connectivity index (χ3v) is 2.86. The molecule has 1 N–H and O–H groups in total. The number of ether oxygens (including phenoxy) is 1. The number of carbonyl (C=O) groups is 3. The first-order chi connectivity index (χ1) is 9.47. The standard InChI is InChI=1S/C13H15NO5S/c1-9(15)14(11(8-20)12(16)17)13(18)19-7-10-5-3-2-4-6-10/h2-6,11,20H,7-8H2,1H3,(H,16,17)/t11-/m0/s1. The minimum atomic E-state index is -1.35. The number of carboxylic acid groups (broad SMARTS) is 1. The molecule has 0 saturated carbocycles. The van der Waals surface area contributed by atoms with Crippen LogP contribution in [-0.2, 0) is 20.9 Å². The molecule has 108 valence electrons. The van der Waals surface area contributed by atoms with E-state index < -0.39 is 24.0 Å². The fraction of sp³-hybridized carbons (Fsp3) is 0.308. The van der Waals surface area contributed by atoms with E-state index in [-0.39, 0.29) is 12.4 Å². The molecule has 0 saturated heterocycles. The summed E-state index contributed by atoms with van der Waals surface area (Å²) in [4.78, 5) is 34.8. The van der Waals surface area contributed by atoms with Crippen LogP contribution in [0.25, 0.3) is 0 Å². The molecular weight excluding hydrogens is 282 g/mol. The van der Waals surface area contributed by atoms with Crippen molar-refractivity contribution in [2.75, 3.05) is 5.75 Å². The van der Waals surface area contributed by atoms with Crippen LogP contribution in [0, 0.1) is 0 Å². The average molecular weight is 297 g/mol. The molecule has 0 aromatic heterocycles. The lowest BCUT2D eigenvalue weighted by Crippen LogP contribution is -2.49. The van der Waals surface area contributed by atoms with Gasteiger partial charge >= 0.3 is 12.1 Å². The Hall–Kier alpha value is -2.02. The first-order valence-corrected chi connectivity index (χ1v) is 6.44. The average Bonchev–Trinajstić information content (AvgIpc) is 2.42. The maximum atomic E-state index is 11.8. The van der Waals surface area contributed by atoms with E-state index in [1.807, 2.05) is 6.07 Å². The molecule has 7 heteroatoms. The van der Waals surface area contributed by atoms with E-state index in [4.69, 9.17) is 9.84 Å². The van der Waals surface area contributed by atoms with Crippen LogP contribution >= 0.6 is 12.6 Å². The number of aliphatic carboxylic acids is 1. The Balaban J connectivity index is 2.75. The predicted molar refractivity (Wildman–Crippen MR) is 74.4 cm³/mol. The van der Waals surface area contributed by atoms with Gasteiger partial charge in [-0.2, -0.15) is 12.6 Å². The van der Waals surface area contributed by atoms with Gasteiger partial charge in [-0.25, -0.2) is 14.5 Å². The first kappa shape index (κ1) is 16.0. The number of nitrogens with zero attached hydrogens (tertiary/aromatic N) is 1. The van der Waals surface area contributed by atoms with Crippen molar-refractivity contribution >= 4 is 30.6 Å². The third kappa shape index (κ3) is 4.27. The number of carboxylic acids is 1. The van der Waals surface area contributed by atoms with Gasteiger partial charge in [0.05, 0.1) is 0 Å². The summed E-state index contributed by atoms with van der Waals surface area (Å²) in [6, 6.07) is 7.52. The van der Waals surface area contributed by atoms with Gasteiger partial charge in [0.1, 0.15) is 12.6 Å². The highest BCUT2D eigenvalue weighted by atomic mass is 32.1. The quantitative estimate of drug-likeness (QED) is 0.806. The zero-order valence-corrected chi connectivity index (χ0v) is 11.7. The summed E-state index contributed by atoms with van der Waals surface area (Å²) < 4.78 is 4.95. The second-order valence-electron chi connectivity index (χ2n) is 3.97. The highest BCUT2D eigenvalue weighted by molar-refractivity contribution is 7.80. The van der Waals surface area contributed by atoms with Crippen LogP contribution in [0.3, 0.4) is 0 Å². The van der Waals surface area contributed by atoms with Crippen LogP contribution in [0.5, 0.6) is 0 Å². The van der Waals surface area contributed by atoms with Crippen molar-refractivity contribution in [2.24, 2.45) is 0 Å². The van der Waals surface area contributed by atoms with Crippen molar-refractivity contribution in [1.29, 1.82) is 0 Å². The minimum Gasteiger partial charge on any atom is -0.480 e. The maximum Gasteiger partial charge on any atom is 0.417 e. The van der Waals surface area contributed by atoms with Crippen LogP contribution in [-0.4, -0.2) is 39.8 Å². The lowest BCUT2D eigenvalue weighted by Gasteiger charge is -2.24. The van der Waals surface area contributed by atoms with Gasteiger partial charge in [-0.1, -0.05) is 30.3 Å². The largest absolute Gasteiger partial charge is 0.480 e. The Labute approximate surface area is 121 Å². The van der Waals surface area contributed by atoms with E-state index in [1.54, 1.807) is 24.3 Å². The number of amides is 2. The molecule has 0 radical (unpaired) electrons. The Morgan fingerprint density at radius 1 is 1.30 bits per heavy atom. The molecule has 0 aliphatic carbocycles. The van der Waals surface area contributed by atoms with Crippen LogP contribution in [0.4, 0.5) is 4.79 Å². The summed E-state index contributed by atoms with van der Waals surface area (Å²) >= 11 is 3.84. The Morgan fingerprint density at radius 3 is 2.35 bits per heavy atom. The van der Waals surface area contributed by atoms with Crippen molar-refractivity contribution in [3.8, 4) is 0 Å². The van der Waals surface area contributed by atoms with Crippen molar-refractivity contribution in [1.82, 2.24) is 4.90 Å². The van der Waals surface area contributed by atoms with Crippen LogP contribution in [0.1, 0.15) is 12.5 Å². The Kier molecular flexibility index (Phi) is 6.05. The number of hydrogen-bond acceptors (Lipinski definition) is 5. The zero-order valence-electron chi connectivity index (χ0n) is 10.9. The fourth-order valence-electron chi connectivity index (χ4n) is 1.53. The van der Waals surface area contributed by atoms with E-state index in [0.717, 1.165) is 12.5 Å². The van der Waals surface area contributed by atoms with Crippen molar-refractivity contribution < 1.29 is 24.2 Å². The molecule has 2 amide bonds. The van der Waals surface area contributed by atoms with Gasteiger partial charge in [0.15, 0.2) is 0 Å². The molecule has 0 fully saturated rings. The highest BCUT2D eigenvalue weighted by Gasteiger charge is 2.33. The summed E-state index contributed by atoms with van der Waals surface area (Å²) in [7, 11) is 0. The highest BCUT2D eigenvalue weighted by Crippen LogP contribution is 2.09. The molecule has 1 atom stereocenters. The lowest BCUT2D eigenvalue weighted by atomic mass is 10.2. The molecule has 0 aliphatic heterocycles. The smallest absolute Gasteiger partial charge is 0.417 e. The van der Waals surface area contributed by atoms with Gasteiger partial charge in [0, 0.05) is 12.7 Å². The van der Waals surface area contributed by atoms with E-state index >= 15 is 0 Å². The lowest BCUT2D eigenvalue weighted by molar-refractivity contribution is -0.147. The second kappa shape index (κ2) is 7.54. The van der Waals surface area contributed by atoms with E-state index in [9.17, 15) is 14.4 Å². The third-order valence-electron chi connectivity index (χ3n) is 2.51. The van der Waals surface area contributed by atoms with Gasteiger partial charge in [0.25, 0.3) is 0 Å². The fourth-order valence-corrected chi connectivity index (χ4v) is 1.85. The van der Waals surface area contributed by atoms with E-state index in [1.165, 1.54) is 0 Å². The summed E-state index contributed by atoms with van der Waals surface area (Å²) in [6.45, 7) is 1.06. The van der Waals surface area contributed by atoms with Crippen molar-refractivity contribution in [3.63, 3.8) is 0 Å². The van der Waals surface area contributed by atoms with Crippen LogP contribution in [0.2, 0.25) is 0 Å². The molecule has 6 nitrogen and oxygen atoms in total. The summed E-state index contributed by atoms with van der Waals surface area (Å²) in [6.07, 6.45) is -0.997. The number of benzene rings is 1. The van der Waals surface area contributed by atoms with Gasteiger partial charge in [-0.3, -0.25) is 4.79 Å². The Bertz CT molecular complexity index is 491. The number of imide groups is 1. The molecular formula is C13H15NO5S. The normalized spacial score (nSPS) is 11.5. The molecule has 1 aromatic carbocycles. The number of carbonyl (C=O) groups excluding carboxylic acids is 2. The molecule has 0 aliphatic rings. The SMILES string of the molecule is CC(=O)N(C(=O)OCc1ccccc1)[C@@H](CS)C(=O)O. The monoisotopic (exact) mass is 297 g/mol. The van der Waals surface area contributed by atoms with Crippen molar-refractivity contribution in [2.45, 2.75) is 19.6 Å². The molecule has 1 aromatic rings. The summed E-state index contributed by atoms with van der Waals surface area (Å²) in [5.41, 5.74) is 0.738. The first-order valence-electron chi connectivity index (χ1n) is 5.81. The van der Waals surface area contributed by atoms with Crippen LogP contribution in [0.15, 0.2) is 30.3 Å². The van der Waals surface area contributed by atoms with E-state index in [0.29, 0.717) is 4.90 Å². The molecule has 0 bridgehead atoms. The molecule has 1 rings (SSSR count). The number of thiol groups is 1. The van der Waals surface area contributed by atoms with E-state index in [2.05, 4.69) is 12.6 Å². The molecule has 20 heavy (non-hydrogen) atoms. The molecule has 0 spiro atoms. The minimum absolute atomic E-state index is 0.0393. The molecule has 0 unspecified atom stereocenters. The second-order valence-corrected chi connectivity index (χ2v) is 4.33. The topological polar surface area (TPSA) is 83.9 Å². The number of hydrogen-bond donors (Lipinski definition) is 2.